The molecule has 0 fully saturated rings. The van der Waals surface area contributed by atoms with Crippen molar-refractivity contribution in [1.29, 1.82) is 5.39 Å². The predicted octanol–water partition coefficient (Wildman–Crippen LogP) is 3.88. The van der Waals surface area contributed by atoms with Gasteiger partial charge < -0.3 is 9.84 Å². The van der Waals surface area contributed by atoms with Crippen molar-refractivity contribution in [2.24, 2.45) is 0 Å². The SMILES string of the molecule is C/C=C\c1ccccc1C/C([N+]#N)=C(/O)OCC. The number of aliphatic hydroxyl groups excluding tert-OH is 1. The summed E-state index contributed by atoms with van der Waals surface area (Å²) in [5.74, 6) is -0.338. The Balaban J connectivity index is 3.03. The van der Waals surface area contributed by atoms with Crippen LogP contribution in [0.25, 0.3) is 11.1 Å². The van der Waals surface area contributed by atoms with Crippen LogP contribution in [0.5, 0.6) is 0 Å². The topological polar surface area (TPSA) is 57.6 Å². The van der Waals surface area contributed by atoms with Crippen molar-refractivity contribution >= 4 is 6.08 Å². The zero-order chi connectivity index (χ0) is 13.4. The van der Waals surface area contributed by atoms with E-state index in [9.17, 15) is 5.11 Å². The van der Waals surface area contributed by atoms with Gasteiger partial charge in [-0.3, -0.25) is 0 Å². The summed E-state index contributed by atoms with van der Waals surface area (Å²) < 4.78 is 4.93. The maximum Gasteiger partial charge on any atom is 0.444 e. The smallest absolute Gasteiger partial charge is 0.444 e. The number of nitrogens with zero attached hydrogens (tertiary/aromatic N) is 2. The van der Waals surface area contributed by atoms with Crippen molar-refractivity contribution in [3.05, 3.63) is 58.1 Å². The van der Waals surface area contributed by atoms with Gasteiger partial charge in [0, 0.05) is 0 Å². The highest BCUT2D eigenvalue weighted by Crippen LogP contribution is 2.18. The fourth-order valence-corrected chi connectivity index (χ4v) is 1.59. The van der Waals surface area contributed by atoms with Crippen molar-refractivity contribution in [3.8, 4) is 0 Å². The van der Waals surface area contributed by atoms with Crippen molar-refractivity contribution < 1.29 is 9.84 Å². The van der Waals surface area contributed by atoms with Gasteiger partial charge in [0.25, 0.3) is 0 Å². The van der Waals surface area contributed by atoms with Crippen LogP contribution in [0.1, 0.15) is 25.0 Å². The highest BCUT2D eigenvalue weighted by atomic mass is 16.6. The predicted molar refractivity (Wildman–Crippen MR) is 71.2 cm³/mol. The molecule has 0 spiro atoms. The summed E-state index contributed by atoms with van der Waals surface area (Å²) in [5, 5.41) is 18.5. The summed E-state index contributed by atoms with van der Waals surface area (Å²) in [6.45, 7) is 4.00. The zero-order valence-electron chi connectivity index (χ0n) is 10.6. The number of benzene rings is 1. The van der Waals surface area contributed by atoms with Gasteiger partial charge in [-0.1, -0.05) is 36.4 Å². The second-order valence-corrected chi connectivity index (χ2v) is 3.66. The number of ether oxygens (including phenoxy) is 1. The second kappa shape index (κ2) is 7.13. The molecule has 0 aliphatic heterocycles. The van der Waals surface area contributed by atoms with Gasteiger partial charge in [0.15, 0.2) is 4.98 Å². The molecular formula is C14H17N2O2+. The molecule has 4 nitrogen and oxygen atoms in total. The number of rotatable bonds is 5. The van der Waals surface area contributed by atoms with Crippen LogP contribution in [-0.2, 0) is 11.2 Å². The minimum Gasteiger partial charge on any atom is -0.475 e. The minimum absolute atomic E-state index is 0.119. The molecule has 1 rings (SSSR count). The molecule has 0 amide bonds. The Kier molecular flexibility index (Phi) is 5.46. The Morgan fingerprint density at radius 2 is 2.17 bits per heavy atom. The van der Waals surface area contributed by atoms with Gasteiger partial charge >= 0.3 is 11.6 Å². The van der Waals surface area contributed by atoms with Crippen LogP contribution in [-0.4, -0.2) is 11.7 Å². The number of hydrogen-bond acceptors (Lipinski definition) is 3. The van der Waals surface area contributed by atoms with Crippen LogP contribution in [0, 0.1) is 5.39 Å². The first-order valence-corrected chi connectivity index (χ1v) is 5.83. The molecule has 4 heteroatoms. The van der Waals surface area contributed by atoms with Crippen LogP contribution >= 0.6 is 0 Å². The summed E-state index contributed by atoms with van der Waals surface area (Å²) in [5.41, 5.74) is 2.09. The van der Waals surface area contributed by atoms with Crippen LogP contribution in [0.4, 0.5) is 0 Å². The summed E-state index contributed by atoms with van der Waals surface area (Å²) >= 11 is 0. The summed E-state index contributed by atoms with van der Waals surface area (Å²) in [6, 6.07) is 7.71. The van der Waals surface area contributed by atoms with E-state index in [4.69, 9.17) is 10.1 Å². The molecule has 1 aromatic rings. The normalized spacial score (nSPS) is 12.1. The van der Waals surface area contributed by atoms with Crippen LogP contribution in [0.3, 0.4) is 0 Å². The Labute approximate surface area is 107 Å². The molecule has 1 aromatic carbocycles. The lowest BCUT2D eigenvalue weighted by Gasteiger charge is -2.02. The van der Waals surface area contributed by atoms with E-state index in [-0.39, 0.29) is 11.6 Å². The Bertz CT molecular complexity index is 499. The van der Waals surface area contributed by atoms with E-state index in [1.54, 1.807) is 6.92 Å². The van der Waals surface area contributed by atoms with E-state index in [1.165, 1.54) is 0 Å². The van der Waals surface area contributed by atoms with E-state index in [0.717, 1.165) is 11.1 Å². The number of allylic oxidation sites excluding steroid dienone is 2. The summed E-state index contributed by atoms with van der Waals surface area (Å²) in [4.78, 5) is 3.08. The van der Waals surface area contributed by atoms with Gasteiger partial charge in [0.2, 0.25) is 5.39 Å². The largest absolute Gasteiger partial charge is 0.475 e. The van der Waals surface area contributed by atoms with E-state index >= 15 is 0 Å². The van der Waals surface area contributed by atoms with Gasteiger partial charge in [-0.05, 0) is 25.0 Å². The van der Waals surface area contributed by atoms with Gasteiger partial charge in [0.1, 0.15) is 0 Å². The lowest BCUT2D eigenvalue weighted by molar-refractivity contribution is 0.0982. The third kappa shape index (κ3) is 3.63. The molecule has 94 valence electrons. The minimum atomic E-state index is -0.338. The molecule has 0 aromatic heterocycles. The Hall–Kier alpha value is -2.28. The molecule has 0 saturated carbocycles. The summed E-state index contributed by atoms with van der Waals surface area (Å²) in [7, 11) is 0. The van der Waals surface area contributed by atoms with Gasteiger partial charge in [-0.15, -0.1) is 0 Å². The lowest BCUT2D eigenvalue weighted by Crippen LogP contribution is -1.98. The number of aliphatic hydroxyl groups is 1. The van der Waals surface area contributed by atoms with Crippen LogP contribution in [0.2, 0.25) is 0 Å². The van der Waals surface area contributed by atoms with E-state index in [1.807, 2.05) is 43.3 Å². The molecule has 0 aliphatic rings. The van der Waals surface area contributed by atoms with E-state index in [0.29, 0.717) is 13.0 Å². The molecule has 0 radical (unpaired) electrons. The van der Waals surface area contributed by atoms with Gasteiger partial charge in [0.05, 0.1) is 13.0 Å². The average Bonchev–Trinajstić information content (AvgIpc) is 2.38. The van der Waals surface area contributed by atoms with E-state index < -0.39 is 0 Å². The Morgan fingerprint density at radius 1 is 1.44 bits per heavy atom. The molecular weight excluding hydrogens is 228 g/mol. The number of hydrogen-bond donors (Lipinski definition) is 1. The van der Waals surface area contributed by atoms with Crippen molar-refractivity contribution in [1.82, 2.24) is 0 Å². The highest BCUT2D eigenvalue weighted by molar-refractivity contribution is 5.54. The molecule has 0 heterocycles. The maximum absolute atomic E-state index is 9.58. The zero-order valence-corrected chi connectivity index (χ0v) is 10.6. The number of diazo groups is 1. The standard InChI is InChI=1S/C14H16N2O2/c1-3-7-11-8-5-6-9-12(11)10-13(16-15)14(17)18-4-2/h3,5-9H,4,10H2,1-2H3/p+1/b7-3-,14-13+. The lowest BCUT2D eigenvalue weighted by atomic mass is 10.0. The van der Waals surface area contributed by atoms with Crippen LogP contribution in [0.15, 0.2) is 42.0 Å². The molecule has 1 N–H and O–H groups in total. The molecule has 0 bridgehead atoms. The second-order valence-electron chi connectivity index (χ2n) is 3.66. The van der Waals surface area contributed by atoms with Gasteiger partial charge in [-0.2, -0.15) is 0 Å². The first-order chi connectivity index (χ1) is 8.72. The first-order valence-electron chi connectivity index (χ1n) is 5.83. The van der Waals surface area contributed by atoms with Crippen LogP contribution < -0.4 is 0 Å². The monoisotopic (exact) mass is 245 g/mol. The molecule has 0 unspecified atom stereocenters. The van der Waals surface area contributed by atoms with E-state index in [2.05, 4.69) is 4.98 Å². The third-order valence-corrected chi connectivity index (χ3v) is 2.41. The first kappa shape index (κ1) is 13.8. The molecule has 0 atom stereocenters. The molecule has 0 aliphatic carbocycles. The fraction of sp³-hybridized carbons (Fsp3) is 0.286. The van der Waals surface area contributed by atoms with Crippen molar-refractivity contribution in [2.75, 3.05) is 6.61 Å². The third-order valence-electron chi connectivity index (χ3n) is 2.41. The Morgan fingerprint density at radius 3 is 2.78 bits per heavy atom. The maximum atomic E-state index is 9.58. The van der Waals surface area contributed by atoms with Crippen molar-refractivity contribution in [3.63, 3.8) is 0 Å². The average molecular weight is 245 g/mol. The summed E-state index contributed by atoms with van der Waals surface area (Å²) in [6.07, 6.45) is 4.20. The molecule has 18 heavy (non-hydrogen) atoms. The highest BCUT2D eigenvalue weighted by Gasteiger charge is 2.21. The van der Waals surface area contributed by atoms with Crippen molar-refractivity contribution in [2.45, 2.75) is 20.3 Å². The van der Waals surface area contributed by atoms with Gasteiger partial charge in [-0.25, -0.2) is 0 Å². The quantitative estimate of drug-likeness (QED) is 0.632. The fourth-order valence-electron chi connectivity index (χ4n) is 1.59. The molecule has 0 saturated heterocycles.